The highest BCUT2D eigenvalue weighted by atomic mass is 32.2. The maximum atomic E-state index is 12.7. The Hall–Kier alpha value is -2.62. The molecule has 2 aromatic rings. The Labute approximate surface area is 151 Å². The summed E-state index contributed by atoms with van der Waals surface area (Å²) in [7, 11) is -3.66. The standard InChI is InChI=1S/C17H18N4O4S/c22-17(20-19-13-15-5-1-2-7-18-15)14-4-3-6-16(12-14)26(23,24)21-8-10-25-11-9-21/h1-7,12-13H,8-11H2,(H,20,22). The molecule has 0 atom stereocenters. The van der Waals surface area contributed by atoms with Crippen LogP contribution >= 0.6 is 0 Å². The lowest BCUT2D eigenvalue weighted by molar-refractivity contribution is 0.0730. The number of nitrogens with zero attached hydrogens (tertiary/aromatic N) is 3. The minimum Gasteiger partial charge on any atom is -0.379 e. The quantitative estimate of drug-likeness (QED) is 0.618. The molecule has 0 aliphatic carbocycles. The van der Waals surface area contributed by atoms with E-state index in [-0.39, 0.29) is 10.5 Å². The molecule has 1 saturated heterocycles. The fraction of sp³-hybridized carbons (Fsp3) is 0.235. The minimum absolute atomic E-state index is 0.0701. The number of sulfonamides is 1. The number of carbonyl (C=O) groups is 1. The molecule has 0 unspecified atom stereocenters. The van der Waals surface area contributed by atoms with Gasteiger partial charge in [-0.25, -0.2) is 13.8 Å². The number of rotatable bonds is 5. The Morgan fingerprint density at radius 3 is 2.73 bits per heavy atom. The van der Waals surface area contributed by atoms with Crippen molar-refractivity contribution in [1.82, 2.24) is 14.7 Å². The van der Waals surface area contributed by atoms with Crippen molar-refractivity contribution in [3.8, 4) is 0 Å². The van der Waals surface area contributed by atoms with E-state index in [4.69, 9.17) is 4.74 Å². The lowest BCUT2D eigenvalue weighted by Crippen LogP contribution is -2.40. The van der Waals surface area contributed by atoms with Crippen LogP contribution in [0.3, 0.4) is 0 Å². The van der Waals surface area contributed by atoms with E-state index in [1.165, 1.54) is 34.8 Å². The van der Waals surface area contributed by atoms with E-state index in [9.17, 15) is 13.2 Å². The molecule has 1 aromatic carbocycles. The first-order chi connectivity index (χ1) is 12.6. The van der Waals surface area contributed by atoms with Crippen LogP contribution in [0.4, 0.5) is 0 Å². The van der Waals surface area contributed by atoms with Crippen LogP contribution in [0.2, 0.25) is 0 Å². The van der Waals surface area contributed by atoms with Crippen LogP contribution in [0, 0.1) is 0 Å². The molecular weight excluding hydrogens is 356 g/mol. The molecule has 0 radical (unpaired) electrons. The maximum absolute atomic E-state index is 12.7. The highest BCUT2D eigenvalue weighted by Gasteiger charge is 2.26. The van der Waals surface area contributed by atoms with E-state index in [1.807, 2.05) is 0 Å². The van der Waals surface area contributed by atoms with Gasteiger partial charge in [-0.3, -0.25) is 9.78 Å². The predicted octanol–water partition coefficient (Wildman–Crippen LogP) is 0.866. The SMILES string of the molecule is O=C(NN=Cc1ccccn1)c1cccc(S(=O)(=O)N2CCOCC2)c1. The molecule has 26 heavy (non-hydrogen) atoms. The van der Waals surface area contributed by atoms with Gasteiger partial charge < -0.3 is 4.74 Å². The molecule has 1 aromatic heterocycles. The van der Waals surface area contributed by atoms with Crippen LogP contribution in [0.5, 0.6) is 0 Å². The molecule has 1 aliphatic heterocycles. The zero-order valence-electron chi connectivity index (χ0n) is 13.9. The van der Waals surface area contributed by atoms with Gasteiger partial charge in [0.05, 0.1) is 30.0 Å². The van der Waals surface area contributed by atoms with Crippen molar-refractivity contribution in [2.24, 2.45) is 5.10 Å². The Kier molecular flexibility index (Phi) is 5.71. The third kappa shape index (κ3) is 4.31. The fourth-order valence-corrected chi connectivity index (χ4v) is 3.86. The van der Waals surface area contributed by atoms with Gasteiger partial charge in [-0.2, -0.15) is 9.41 Å². The zero-order valence-corrected chi connectivity index (χ0v) is 14.7. The predicted molar refractivity (Wildman–Crippen MR) is 95.3 cm³/mol. The van der Waals surface area contributed by atoms with E-state index < -0.39 is 15.9 Å². The fourth-order valence-electron chi connectivity index (χ4n) is 2.41. The normalized spacial score (nSPS) is 15.8. The number of pyridine rings is 1. The Balaban J connectivity index is 1.72. The molecular formula is C17H18N4O4S. The van der Waals surface area contributed by atoms with Crippen molar-refractivity contribution in [1.29, 1.82) is 0 Å². The summed E-state index contributed by atoms with van der Waals surface area (Å²) in [6.45, 7) is 1.32. The Bertz CT molecular complexity index is 894. The third-order valence-corrected chi connectivity index (χ3v) is 5.65. The van der Waals surface area contributed by atoms with E-state index in [1.54, 1.807) is 24.4 Å². The van der Waals surface area contributed by atoms with Gasteiger partial charge in [0.25, 0.3) is 5.91 Å². The van der Waals surface area contributed by atoms with Gasteiger partial charge >= 0.3 is 0 Å². The van der Waals surface area contributed by atoms with Gasteiger partial charge in [0.1, 0.15) is 0 Å². The first-order valence-corrected chi connectivity index (χ1v) is 9.44. The number of carbonyl (C=O) groups excluding carboxylic acids is 1. The number of nitrogens with one attached hydrogen (secondary N) is 1. The topological polar surface area (TPSA) is 101 Å². The Morgan fingerprint density at radius 1 is 1.19 bits per heavy atom. The summed E-state index contributed by atoms with van der Waals surface area (Å²) >= 11 is 0. The van der Waals surface area contributed by atoms with Crippen LogP contribution in [0.1, 0.15) is 16.1 Å². The molecule has 1 fully saturated rings. The molecule has 1 aliphatic rings. The second-order valence-electron chi connectivity index (χ2n) is 5.50. The van der Waals surface area contributed by atoms with Crippen molar-refractivity contribution in [2.75, 3.05) is 26.3 Å². The number of ether oxygens (including phenoxy) is 1. The second-order valence-corrected chi connectivity index (χ2v) is 7.44. The molecule has 0 saturated carbocycles. The number of benzene rings is 1. The first-order valence-electron chi connectivity index (χ1n) is 8.00. The van der Waals surface area contributed by atoms with E-state index in [0.717, 1.165) is 0 Å². The van der Waals surface area contributed by atoms with Crippen LogP contribution in [-0.2, 0) is 14.8 Å². The van der Waals surface area contributed by atoms with Crippen molar-refractivity contribution in [3.63, 3.8) is 0 Å². The van der Waals surface area contributed by atoms with E-state index in [2.05, 4.69) is 15.5 Å². The average molecular weight is 374 g/mol. The monoisotopic (exact) mass is 374 g/mol. The van der Waals surface area contributed by atoms with Gasteiger partial charge in [0, 0.05) is 24.8 Å². The lowest BCUT2D eigenvalue weighted by Gasteiger charge is -2.26. The van der Waals surface area contributed by atoms with E-state index >= 15 is 0 Å². The van der Waals surface area contributed by atoms with Crippen LogP contribution in [0.15, 0.2) is 58.7 Å². The van der Waals surface area contributed by atoms with Gasteiger partial charge in [-0.1, -0.05) is 12.1 Å². The average Bonchev–Trinajstić information content (AvgIpc) is 2.69. The number of hydrogen-bond acceptors (Lipinski definition) is 6. The summed E-state index contributed by atoms with van der Waals surface area (Å²) in [4.78, 5) is 16.3. The summed E-state index contributed by atoms with van der Waals surface area (Å²) in [6.07, 6.45) is 3.02. The van der Waals surface area contributed by atoms with Crippen molar-refractivity contribution in [2.45, 2.75) is 4.90 Å². The zero-order chi connectivity index (χ0) is 18.4. The highest BCUT2D eigenvalue weighted by Crippen LogP contribution is 2.18. The maximum Gasteiger partial charge on any atom is 0.271 e. The summed E-state index contributed by atoms with van der Waals surface area (Å²) in [5.74, 6) is -0.504. The number of hydrazone groups is 1. The molecule has 8 nitrogen and oxygen atoms in total. The number of hydrogen-bond donors (Lipinski definition) is 1. The third-order valence-electron chi connectivity index (χ3n) is 3.75. The minimum atomic E-state index is -3.66. The summed E-state index contributed by atoms with van der Waals surface area (Å²) < 4.78 is 31.9. The highest BCUT2D eigenvalue weighted by molar-refractivity contribution is 7.89. The Morgan fingerprint density at radius 2 is 2.00 bits per heavy atom. The molecule has 0 bridgehead atoms. The van der Waals surface area contributed by atoms with Gasteiger partial charge in [0.15, 0.2) is 0 Å². The molecule has 2 heterocycles. The number of aromatic nitrogens is 1. The van der Waals surface area contributed by atoms with E-state index in [0.29, 0.717) is 32.0 Å². The van der Waals surface area contributed by atoms with Crippen LogP contribution in [0.25, 0.3) is 0 Å². The molecule has 1 N–H and O–H groups in total. The summed E-state index contributed by atoms with van der Waals surface area (Å²) in [5, 5.41) is 3.84. The van der Waals surface area contributed by atoms with Crippen molar-refractivity contribution < 1.29 is 17.9 Å². The summed E-state index contributed by atoms with van der Waals surface area (Å²) in [5.41, 5.74) is 3.17. The largest absolute Gasteiger partial charge is 0.379 e. The van der Waals surface area contributed by atoms with Crippen molar-refractivity contribution in [3.05, 3.63) is 59.9 Å². The number of morpholine rings is 1. The molecule has 3 rings (SSSR count). The first kappa shape index (κ1) is 18.2. The molecule has 1 amide bonds. The summed E-state index contributed by atoms with van der Waals surface area (Å²) in [6, 6.07) is 11.2. The molecule has 9 heteroatoms. The van der Waals surface area contributed by atoms with Crippen molar-refractivity contribution >= 4 is 22.1 Å². The second kappa shape index (κ2) is 8.17. The van der Waals surface area contributed by atoms with Crippen LogP contribution in [-0.4, -0.2) is 56.1 Å². The van der Waals surface area contributed by atoms with Gasteiger partial charge in [0.2, 0.25) is 10.0 Å². The molecule has 136 valence electrons. The lowest BCUT2D eigenvalue weighted by atomic mass is 10.2. The van der Waals surface area contributed by atoms with Gasteiger partial charge in [-0.05, 0) is 30.3 Å². The van der Waals surface area contributed by atoms with Crippen LogP contribution < -0.4 is 5.43 Å². The molecule has 0 spiro atoms. The van der Waals surface area contributed by atoms with Gasteiger partial charge in [-0.15, -0.1) is 0 Å². The smallest absolute Gasteiger partial charge is 0.271 e. The number of amides is 1.